The molecule has 0 rings (SSSR count). The summed E-state index contributed by atoms with van der Waals surface area (Å²) in [5.41, 5.74) is 0. The maximum Gasteiger partial charge on any atom is -0.0471 e. The molecule has 0 aromatic rings. The van der Waals surface area contributed by atoms with Crippen LogP contribution in [0.1, 0.15) is 27.7 Å². The molecule has 0 amide bonds. The Bertz CT molecular complexity index is 265. The molecular formula is C14H37Si4-. The van der Waals surface area contributed by atoms with Crippen LogP contribution in [0.3, 0.4) is 0 Å². The zero-order chi connectivity index (χ0) is 15.2. The first-order chi connectivity index (χ1) is 7.56. The summed E-state index contributed by atoms with van der Waals surface area (Å²) >= 11 is 0. The Labute approximate surface area is 121 Å². The second-order valence-electron chi connectivity index (χ2n) is 9.38. The summed E-state index contributed by atoms with van der Waals surface area (Å²) in [5, 5.41) is 0.585. The summed E-state index contributed by atoms with van der Waals surface area (Å²) < 4.78 is 0. The topological polar surface area (TPSA) is 0 Å². The zero-order valence-electron chi connectivity index (χ0n) is 15.1. The van der Waals surface area contributed by atoms with E-state index in [0.29, 0.717) is 5.04 Å². The third-order valence-corrected chi connectivity index (χ3v) is 66.2. The second kappa shape index (κ2) is 5.34. The molecule has 18 heavy (non-hydrogen) atoms. The Morgan fingerprint density at radius 2 is 1.00 bits per heavy atom. The fraction of sp³-hybridized carbons (Fsp3) is 1.00. The minimum absolute atomic E-state index is 0.137. The molecule has 0 atom stereocenters. The van der Waals surface area contributed by atoms with Crippen molar-refractivity contribution in [1.82, 2.24) is 0 Å². The molecule has 0 unspecified atom stereocenters. The monoisotopic (exact) mass is 317 g/mol. The minimum atomic E-state index is -1.17. The molecule has 110 valence electrons. The summed E-state index contributed by atoms with van der Waals surface area (Å²) in [7, 11) is -3.28. The third kappa shape index (κ3) is 3.70. The van der Waals surface area contributed by atoms with Crippen LogP contribution in [-0.4, -0.2) is 30.1 Å². The van der Waals surface area contributed by atoms with E-state index in [1.807, 2.05) is 0 Å². The van der Waals surface area contributed by atoms with Crippen molar-refractivity contribution in [2.24, 2.45) is 5.92 Å². The maximum atomic E-state index is 2.73. The van der Waals surface area contributed by atoms with Gasteiger partial charge in [0.05, 0.1) is 0 Å². The summed E-state index contributed by atoms with van der Waals surface area (Å²) in [6, 6.07) is 0. The van der Waals surface area contributed by atoms with Crippen LogP contribution in [0.15, 0.2) is 0 Å². The molecule has 0 saturated heterocycles. The molecule has 0 nitrogen and oxygen atoms in total. The van der Waals surface area contributed by atoms with Crippen molar-refractivity contribution in [3.05, 3.63) is 0 Å². The average molecular weight is 318 g/mol. The molecule has 0 aliphatic rings. The van der Waals surface area contributed by atoms with Gasteiger partial charge in [-0.15, -0.1) is 15.2 Å². The molecular weight excluding hydrogens is 280 g/mol. The molecule has 0 N–H and O–H groups in total. The van der Waals surface area contributed by atoms with Crippen molar-refractivity contribution in [3.8, 4) is 0 Å². The number of hydrogen-bond acceptors (Lipinski definition) is 0. The fourth-order valence-electron chi connectivity index (χ4n) is 4.04. The molecule has 0 aliphatic heterocycles. The third-order valence-electron chi connectivity index (χ3n) is 5.18. The van der Waals surface area contributed by atoms with E-state index >= 15 is 0 Å². The van der Waals surface area contributed by atoms with E-state index in [4.69, 9.17) is 0 Å². The standard InChI is InChI=1S/C14H37Si4/c1-13(2)14(3,4)18(11,12)15(16(5,6)7)17(8,9)10/h13H,1-12H3/q-1. The molecule has 0 heterocycles. The Morgan fingerprint density at radius 3 is 1.17 bits per heavy atom. The zero-order valence-corrected chi connectivity index (χ0v) is 19.1. The quantitative estimate of drug-likeness (QED) is 0.584. The van der Waals surface area contributed by atoms with Crippen LogP contribution in [0.25, 0.3) is 0 Å². The van der Waals surface area contributed by atoms with Crippen LogP contribution >= 0.6 is 0 Å². The fourth-order valence-corrected chi connectivity index (χ4v) is 92.7. The first kappa shape index (κ1) is 18.9. The van der Waals surface area contributed by atoms with Gasteiger partial charge in [-0.25, -0.2) is 0 Å². The van der Waals surface area contributed by atoms with Crippen molar-refractivity contribution < 1.29 is 0 Å². The summed E-state index contributed by atoms with van der Waals surface area (Å²) in [4.78, 5) is 0. The number of hydrogen-bond donors (Lipinski definition) is 0. The van der Waals surface area contributed by atoms with E-state index in [1.165, 1.54) is 0 Å². The number of rotatable bonds is 5. The average Bonchev–Trinajstić information content (AvgIpc) is 1.95. The van der Waals surface area contributed by atoms with Gasteiger partial charge in [-0.2, -0.15) is 0 Å². The van der Waals surface area contributed by atoms with E-state index in [0.717, 1.165) is 5.92 Å². The van der Waals surface area contributed by atoms with E-state index in [2.05, 4.69) is 80.1 Å². The minimum Gasteiger partial charge on any atom is -0.251 e. The SMILES string of the molecule is CC(C)C(C)(C)[Si](C)(C)[Si-]([Si](C)(C)C)[Si](C)(C)C. The van der Waals surface area contributed by atoms with Gasteiger partial charge in [0.25, 0.3) is 0 Å². The molecule has 0 aromatic heterocycles. The van der Waals surface area contributed by atoms with Gasteiger partial charge in [-0.1, -0.05) is 92.7 Å². The largest absolute Gasteiger partial charge is 0.251 e. The van der Waals surface area contributed by atoms with Crippen LogP contribution in [0, 0.1) is 5.92 Å². The van der Waals surface area contributed by atoms with Crippen molar-refractivity contribution in [1.29, 1.82) is 0 Å². The van der Waals surface area contributed by atoms with Crippen molar-refractivity contribution in [2.75, 3.05) is 0 Å². The van der Waals surface area contributed by atoms with Crippen LogP contribution in [-0.2, 0) is 0 Å². The van der Waals surface area contributed by atoms with Crippen LogP contribution in [0.2, 0.25) is 57.4 Å². The molecule has 0 fully saturated rings. The van der Waals surface area contributed by atoms with Crippen molar-refractivity contribution in [3.63, 3.8) is 0 Å². The van der Waals surface area contributed by atoms with Gasteiger partial charge in [0, 0.05) is 0 Å². The molecule has 4 heteroatoms. The van der Waals surface area contributed by atoms with Gasteiger partial charge in [0.2, 0.25) is 0 Å². The lowest BCUT2D eigenvalue weighted by Crippen LogP contribution is -2.74. The van der Waals surface area contributed by atoms with Gasteiger partial charge in [0.1, 0.15) is 0 Å². The lowest BCUT2D eigenvalue weighted by atomic mass is 9.99. The Hall–Kier alpha value is 0.868. The van der Waals surface area contributed by atoms with Gasteiger partial charge in [-0.3, -0.25) is 7.35 Å². The van der Waals surface area contributed by atoms with Gasteiger partial charge >= 0.3 is 0 Å². The first-order valence-corrected chi connectivity index (χ1v) is 21.9. The molecule has 0 aromatic carbocycles. The van der Waals surface area contributed by atoms with Crippen molar-refractivity contribution in [2.45, 2.75) is 85.1 Å². The van der Waals surface area contributed by atoms with E-state index < -0.39 is 22.8 Å². The van der Waals surface area contributed by atoms with Crippen LogP contribution < -0.4 is 0 Å². The van der Waals surface area contributed by atoms with Gasteiger partial charge in [-0.05, 0) is 5.92 Å². The normalized spacial score (nSPS) is 15.7. The van der Waals surface area contributed by atoms with Crippen molar-refractivity contribution >= 4 is 30.1 Å². The summed E-state index contributed by atoms with van der Waals surface area (Å²) in [6.07, 6.45) is 0. The predicted octanol–water partition coefficient (Wildman–Crippen LogP) is 5.54. The Kier molecular flexibility index (Phi) is 5.59. The van der Waals surface area contributed by atoms with E-state index in [1.54, 1.807) is 0 Å². The van der Waals surface area contributed by atoms with Crippen LogP contribution in [0.4, 0.5) is 0 Å². The molecule has 0 radical (unpaired) electrons. The second-order valence-corrected chi connectivity index (χ2v) is 45.4. The lowest BCUT2D eigenvalue weighted by molar-refractivity contribution is 0.464. The summed E-state index contributed by atoms with van der Waals surface area (Å²) in [6.45, 7) is 31.5. The highest BCUT2D eigenvalue weighted by Crippen LogP contribution is 2.48. The first-order valence-electron chi connectivity index (χ1n) is 7.44. The predicted molar refractivity (Wildman–Crippen MR) is 98.8 cm³/mol. The van der Waals surface area contributed by atoms with Gasteiger partial charge in [0.15, 0.2) is 0 Å². The maximum absolute atomic E-state index is 2.73. The summed E-state index contributed by atoms with van der Waals surface area (Å²) in [5.74, 6) is 0.826. The highest BCUT2D eigenvalue weighted by Gasteiger charge is 2.44. The smallest absolute Gasteiger partial charge is 0.0471 e. The molecule has 0 saturated carbocycles. The van der Waals surface area contributed by atoms with Crippen LogP contribution in [0.5, 0.6) is 0 Å². The van der Waals surface area contributed by atoms with E-state index in [-0.39, 0.29) is 7.35 Å². The molecule has 0 aliphatic carbocycles. The van der Waals surface area contributed by atoms with E-state index in [9.17, 15) is 0 Å². The lowest BCUT2D eigenvalue weighted by Gasteiger charge is -2.67. The Morgan fingerprint density at radius 1 is 0.722 bits per heavy atom. The molecule has 0 bridgehead atoms. The Balaban J connectivity index is 5.79. The highest BCUT2D eigenvalue weighted by atomic mass is 29.9. The highest BCUT2D eigenvalue weighted by molar-refractivity contribution is 7.81. The van der Waals surface area contributed by atoms with Gasteiger partial charge < -0.3 is 0 Å². The molecule has 0 spiro atoms.